The van der Waals surface area contributed by atoms with Crippen molar-refractivity contribution in [3.05, 3.63) is 11.6 Å². The Morgan fingerprint density at radius 2 is 2.07 bits per heavy atom. The number of carboxylic acid groups (broad SMARTS) is 1. The summed E-state index contributed by atoms with van der Waals surface area (Å²) in [7, 11) is 0. The van der Waals surface area contributed by atoms with Gasteiger partial charge in [-0.25, -0.2) is 4.79 Å². The van der Waals surface area contributed by atoms with Crippen LogP contribution in [0.5, 0.6) is 0 Å². The molecular formula is C12H22O2. The number of unbranched alkanes of at least 4 members (excludes halogenated alkanes) is 1. The van der Waals surface area contributed by atoms with Crippen molar-refractivity contribution >= 4 is 5.97 Å². The van der Waals surface area contributed by atoms with Crippen LogP contribution in [0.15, 0.2) is 11.6 Å². The number of hydrogen-bond acceptors (Lipinski definition) is 1. The van der Waals surface area contributed by atoms with E-state index in [2.05, 4.69) is 13.8 Å². The summed E-state index contributed by atoms with van der Waals surface area (Å²) in [6.07, 6.45) is 7.09. The third kappa shape index (κ3) is 6.70. The molecule has 0 saturated carbocycles. The van der Waals surface area contributed by atoms with Gasteiger partial charge in [0.15, 0.2) is 0 Å². The molecule has 0 bridgehead atoms. The molecule has 0 rings (SSSR count). The van der Waals surface area contributed by atoms with E-state index in [4.69, 9.17) is 5.11 Å². The summed E-state index contributed by atoms with van der Waals surface area (Å²) in [5, 5.41) is 8.57. The zero-order chi connectivity index (χ0) is 11.0. The fraction of sp³-hybridized carbons (Fsp3) is 0.750. The van der Waals surface area contributed by atoms with E-state index in [0.29, 0.717) is 5.92 Å². The molecule has 1 unspecified atom stereocenters. The average Bonchev–Trinajstić information content (AvgIpc) is 2.10. The summed E-state index contributed by atoms with van der Waals surface area (Å²) in [5.74, 6) is -0.168. The number of carboxylic acids is 1. The summed E-state index contributed by atoms with van der Waals surface area (Å²) in [6, 6.07) is 0. The third-order valence-electron chi connectivity index (χ3n) is 2.52. The Bertz CT molecular complexity index is 194. The van der Waals surface area contributed by atoms with Crippen LogP contribution in [0.1, 0.15) is 52.9 Å². The van der Waals surface area contributed by atoms with Gasteiger partial charge in [-0.1, -0.05) is 45.1 Å². The monoisotopic (exact) mass is 198 g/mol. The highest BCUT2D eigenvalue weighted by atomic mass is 16.4. The van der Waals surface area contributed by atoms with Gasteiger partial charge in [0, 0.05) is 6.08 Å². The van der Waals surface area contributed by atoms with Gasteiger partial charge in [-0.15, -0.1) is 0 Å². The van der Waals surface area contributed by atoms with E-state index in [0.717, 1.165) is 18.4 Å². The van der Waals surface area contributed by atoms with Crippen molar-refractivity contribution in [2.45, 2.75) is 52.9 Å². The molecule has 0 aliphatic rings. The molecule has 0 saturated heterocycles. The molecule has 0 aromatic heterocycles. The highest BCUT2D eigenvalue weighted by molar-refractivity contribution is 5.80. The van der Waals surface area contributed by atoms with Crippen LogP contribution < -0.4 is 0 Å². The molecule has 2 heteroatoms. The highest BCUT2D eigenvalue weighted by Crippen LogP contribution is 2.20. The fourth-order valence-electron chi connectivity index (χ4n) is 1.67. The van der Waals surface area contributed by atoms with Crippen LogP contribution in [-0.2, 0) is 4.79 Å². The number of rotatable bonds is 7. The molecule has 2 nitrogen and oxygen atoms in total. The SMILES string of the molecule is CCCCC(CC)CC(C)=CC(=O)O. The Labute approximate surface area is 87.0 Å². The summed E-state index contributed by atoms with van der Waals surface area (Å²) >= 11 is 0. The van der Waals surface area contributed by atoms with Crippen LogP contribution in [0.2, 0.25) is 0 Å². The zero-order valence-corrected chi connectivity index (χ0v) is 9.55. The minimum Gasteiger partial charge on any atom is -0.478 e. The maximum absolute atomic E-state index is 10.4. The van der Waals surface area contributed by atoms with Crippen molar-refractivity contribution in [1.29, 1.82) is 0 Å². The number of carbonyl (C=O) groups is 1. The van der Waals surface area contributed by atoms with Crippen molar-refractivity contribution in [2.24, 2.45) is 5.92 Å². The van der Waals surface area contributed by atoms with Crippen LogP contribution in [0.25, 0.3) is 0 Å². The molecule has 1 atom stereocenters. The first-order valence-electron chi connectivity index (χ1n) is 5.50. The minimum absolute atomic E-state index is 0.658. The predicted molar refractivity (Wildman–Crippen MR) is 59.3 cm³/mol. The molecule has 0 aromatic carbocycles. The van der Waals surface area contributed by atoms with E-state index in [9.17, 15) is 4.79 Å². The average molecular weight is 198 g/mol. The first kappa shape index (κ1) is 13.2. The quantitative estimate of drug-likeness (QED) is 0.634. The van der Waals surface area contributed by atoms with Gasteiger partial charge in [-0.2, -0.15) is 0 Å². The van der Waals surface area contributed by atoms with Crippen molar-refractivity contribution < 1.29 is 9.90 Å². The van der Waals surface area contributed by atoms with Gasteiger partial charge in [0.25, 0.3) is 0 Å². The second kappa shape index (κ2) is 7.60. The molecule has 0 aromatic rings. The molecule has 0 spiro atoms. The topological polar surface area (TPSA) is 37.3 Å². The van der Waals surface area contributed by atoms with Crippen molar-refractivity contribution in [3.8, 4) is 0 Å². The smallest absolute Gasteiger partial charge is 0.328 e. The number of allylic oxidation sites excluding steroid dienone is 1. The third-order valence-corrected chi connectivity index (χ3v) is 2.52. The van der Waals surface area contributed by atoms with Crippen LogP contribution >= 0.6 is 0 Å². The van der Waals surface area contributed by atoms with E-state index in [-0.39, 0.29) is 0 Å². The van der Waals surface area contributed by atoms with E-state index < -0.39 is 5.97 Å². The Balaban J connectivity index is 3.97. The van der Waals surface area contributed by atoms with Gasteiger partial charge in [0.2, 0.25) is 0 Å². The Kier molecular flexibility index (Phi) is 7.17. The summed E-state index contributed by atoms with van der Waals surface area (Å²) in [4.78, 5) is 10.4. The predicted octanol–water partition coefficient (Wildman–Crippen LogP) is 3.62. The second-order valence-corrected chi connectivity index (χ2v) is 3.95. The van der Waals surface area contributed by atoms with Gasteiger partial charge >= 0.3 is 5.97 Å². The number of hydrogen-bond donors (Lipinski definition) is 1. The molecule has 0 aliphatic heterocycles. The molecule has 0 aliphatic carbocycles. The van der Waals surface area contributed by atoms with Crippen LogP contribution in [0, 0.1) is 5.92 Å². The lowest BCUT2D eigenvalue weighted by atomic mass is 9.92. The zero-order valence-electron chi connectivity index (χ0n) is 9.55. The molecule has 82 valence electrons. The van der Waals surface area contributed by atoms with Gasteiger partial charge < -0.3 is 5.11 Å². The summed E-state index contributed by atoms with van der Waals surface area (Å²) in [6.45, 7) is 6.27. The number of aliphatic carboxylic acids is 1. The first-order valence-corrected chi connectivity index (χ1v) is 5.50. The minimum atomic E-state index is -0.826. The van der Waals surface area contributed by atoms with E-state index in [1.807, 2.05) is 6.92 Å². The molecule has 0 radical (unpaired) electrons. The largest absolute Gasteiger partial charge is 0.478 e. The maximum atomic E-state index is 10.4. The van der Waals surface area contributed by atoms with Gasteiger partial charge in [0.1, 0.15) is 0 Å². The molecule has 14 heavy (non-hydrogen) atoms. The first-order chi connectivity index (χ1) is 6.60. The van der Waals surface area contributed by atoms with Crippen molar-refractivity contribution in [2.75, 3.05) is 0 Å². The molecule has 0 amide bonds. The fourth-order valence-corrected chi connectivity index (χ4v) is 1.67. The lowest BCUT2D eigenvalue weighted by molar-refractivity contribution is -0.131. The van der Waals surface area contributed by atoms with Crippen LogP contribution in [0.4, 0.5) is 0 Å². The Morgan fingerprint density at radius 3 is 2.50 bits per heavy atom. The van der Waals surface area contributed by atoms with E-state index in [1.54, 1.807) is 0 Å². The molecule has 0 heterocycles. The maximum Gasteiger partial charge on any atom is 0.328 e. The standard InChI is InChI=1S/C12H22O2/c1-4-6-7-11(5-2)8-10(3)9-12(13)14/h9,11H,4-8H2,1-3H3,(H,13,14). The Morgan fingerprint density at radius 1 is 1.43 bits per heavy atom. The van der Waals surface area contributed by atoms with E-state index >= 15 is 0 Å². The Hall–Kier alpha value is -0.790. The second-order valence-electron chi connectivity index (χ2n) is 3.95. The summed E-state index contributed by atoms with van der Waals surface area (Å²) < 4.78 is 0. The summed E-state index contributed by atoms with van der Waals surface area (Å²) in [5.41, 5.74) is 0.987. The van der Waals surface area contributed by atoms with Crippen molar-refractivity contribution in [1.82, 2.24) is 0 Å². The molecule has 1 N–H and O–H groups in total. The molecular weight excluding hydrogens is 176 g/mol. The van der Waals surface area contributed by atoms with Crippen LogP contribution in [-0.4, -0.2) is 11.1 Å². The van der Waals surface area contributed by atoms with E-state index in [1.165, 1.54) is 25.3 Å². The highest BCUT2D eigenvalue weighted by Gasteiger charge is 2.07. The normalized spacial score (nSPS) is 14.1. The lowest BCUT2D eigenvalue weighted by Gasteiger charge is -2.14. The molecule has 0 fully saturated rings. The lowest BCUT2D eigenvalue weighted by Crippen LogP contribution is -2.01. The van der Waals surface area contributed by atoms with Crippen molar-refractivity contribution in [3.63, 3.8) is 0 Å². The van der Waals surface area contributed by atoms with Gasteiger partial charge in [0.05, 0.1) is 0 Å². The van der Waals surface area contributed by atoms with Gasteiger partial charge in [-0.3, -0.25) is 0 Å². The van der Waals surface area contributed by atoms with Crippen LogP contribution in [0.3, 0.4) is 0 Å². The van der Waals surface area contributed by atoms with Gasteiger partial charge in [-0.05, 0) is 19.3 Å².